The van der Waals surface area contributed by atoms with E-state index < -0.39 is 0 Å². The van der Waals surface area contributed by atoms with Gasteiger partial charge in [-0.2, -0.15) is 0 Å². The Balaban J connectivity index is 2.25. The number of rotatable bonds is 3. The van der Waals surface area contributed by atoms with Crippen molar-refractivity contribution in [2.75, 3.05) is 0 Å². The normalized spacial score (nSPS) is 11.5. The van der Waals surface area contributed by atoms with E-state index in [0.717, 1.165) is 27.0 Å². The Morgan fingerprint density at radius 1 is 1.19 bits per heavy atom. The first kappa shape index (κ1) is 14.6. The van der Waals surface area contributed by atoms with Gasteiger partial charge in [0.25, 0.3) is 0 Å². The second-order valence-electron chi connectivity index (χ2n) is 5.38. The summed E-state index contributed by atoms with van der Waals surface area (Å²) in [5, 5.41) is 0. The molecule has 0 saturated heterocycles. The summed E-state index contributed by atoms with van der Waals surface area (Å²) in [7, 11) is 0. The van der Waals surface area contributed by atoms with Crippen molar-refractivity contribution in [3.05, 3.63) is 58.3 Å². The average molecular weight is 364 g/mol. The second-order valence-corrected chi connectivity index (χ2v) is 6.56. The van der Waals surface area contributed by atoms with Crippen LogP contribution in [0.1, 0.15) is 31.2 Å². The SMILES string of the molecule is CC(C)c1cccc(-n2c(CCl)nc3cc(Br)ccc32)c1. The van der Waals surface area contributed by atoms with E-state index in [2.05, 4.69) is 69.7 Å². The Morgan fingerprint density at radius 3 is 2.71 bits per heavy atom. The molecular weight excluding hydrogens is 348 g/mol. The fourth-order valence-corrected chi connectivity index (χ4v) is 3.03. The predicted molar refractivity (Wildman–Crippen MR) is 92.4 cm³/mol. The molecule has 2 aromatic carbocycles. The van der Waals surface area contributed by atoms with Crippen LogP contribution in [0.2, 0.25) is 0 Å². The highest BCUT2D eigenvalue weighted by Gasteiger charge is 2.12. The summed E-state index contributed by atoms with van der Waals surface area (Å²) < 4.78 is 3.16. The molecule has 1 aromatic heterocycles. The number of aromatic nitrogens is 2. The topological polar surface area (TPSA) is 17.8 Å². The molecule has 2 nitrogen and oxygen atoms in total. The maximum atomic E-state index is 6.10. The molecule has 0 saturated carbocycles. The molecule has 0 N–H and O–H groups in total. The summed E-state index contributed by atoms with van der Waals surface area (Å²) in [5.41, 5.74) is 4.46. The molecule has 0 aliphatic carbocycles. The lowest BCUT2D eigenvalue weighted by Gasteiger charge is -2.11. The van der Waals surface area contributed by atoms with Crippen LogP contribution in [0.15, 0.2) is 46.9 Å². The first-order valence-corrected chi connectivity index (χ1v) is 8.26. The lowest BCUT2D eigenvalue weighted by molar-refractivity contribution is 0.861. The van der Waals surface area contributed by atoms with Gasteiger partial charge in [0.1, 0.15) is 5.82 Å². The van der Waals surface area contributed by atoms with Crippen molar-refractivity contribution in [2.24, 2.45) is 0 Å². The minimum atomic E-state index is 0.387. The van der Waals surface area contributed by atoms with E-state index in [-0.39, 0.29) is 0 Å². The van der Waals surface area contributed by atoms with Gasteiger partial charge in [-0.25, -0.2) is 4.98 Å². The highest BCUT2D eigenvalue weighted by molar-refractivity contribution is 9.10. The molecule has 3 rings (SSSR count). The molecule has 0 bridgehead atoms. The molecule has 0 unspecified atom stereocenters. The Morgan fingerprint density at radius 2 is 2.00 bits per heavy atom. The highest BCUT2D eigenvalue weighted by atomic mass is 79.9. The van der Waals surface area contributed by atoms with Crippen LogP contribution in [0.25, 0.3) is 16.7 Å². The molecule has 21 heavy (non-hydrogen) atoms. The summed E-state index contributed by atoms with van der Waals surface area (Å²) in [6.07, 6.45) is 0. The van der Waals surface area contributed by atoms with Gasteiger partial charge in [0.15, 0.2) is 0 Å². The molecule has 0 atom stereocenters. The van der Waals surface area contributed by atoms with Gasteiger partial charge in [-0.05, 0) is 41.8 Å². The van der Waals surface area contributed by atoms with Crippen LogP contribution in [-0.2, 0) is 5.88 Å². The zero-order valence-electron chi connectivity index (χ0n) is 12.0. The zero-order chi connectivity index (χ0) is 15.0. The van der Waals surface area contributed by atoms with E-state index in [0.29, 0.717) is 11.8 Å². The van der Waals surface area contributed by atoms with Crippen molar-refractivity contribution in [1.29, 1.82) is 0 Å². The van der Waals surface area contributed by atoms with Crippen molar-refractivity contribution in [3.63, 3.8) is 0 Å². The van der Waals surface area contributed by atoms with Crippen LogP contribution in [0.3, 0.4) is 0 Å². The van der Waals surface area contributed by atoms with Crippen LogP contribution < -0.4 is 0 Å². The Hall–Kier alpha value is -1.32. The van der Waals surface area contributed by atoms with E-state index in [1.807, 2.05) is 12.1 Å². The lowest BCUT2D eigenvalue weighted by atomic mass is 10.0. The summed E-state index contributed by atoms with van der Waals surface area (Å²) >= 11 is 9.59. The Bertz CT molecular complexity index is 793. The molecule has 0 spiro atoms. The first-order valence-electron chi connectivity index (χ1n) is 6.93. The maximum absolute atomic E-state index is 6.10. The van der Waals surface area contributed by atoms with Gasteiger partial charge in [0.05, 0.1) is 16.9 Å². The van der Waals surface area contributed by atoms with Crippen molar-refractivity contribution in [3.8, 4) is 5.69 Å². The van der Waals surface area contributed by atoms with Gasteiger partial charge in [0, 0.05) is 10.2 Å². The summed E-state index contributed by atoms with van der Waals surface area (Å²) in [6, 6.07) is 14.7. The zero-order valence-corrected chi connectivity index (χ0v) is 14.3. The molecule has 0 amide bonds. The minimum absolute atomic E-state index is 0.387. The standard InChI is InChI=1S/C17H16BrClN2/c1-11(2)12-4-3-5-14(8-12)21-16-7-6-13(18)9-15(16)20-17(21)10-19/h3-9,11H,10H2,1-2H3. The van der Waals surface area contributed by atoms with Crippen molar-refractivity contribution >= 4 is 38.6 Å². The Labute approximate surface area is 137 Å². The Kier molecular flexibility index (Phi) is 4.05. The fourth-order valence-electron chi connectivity index (χ4n) is 2.50. The van der Waals surface area contributed by atoms with Gasteiger partial charge in [-0.3, -0.25) is 4.57 Å². The maximum Gasteiger partial charge on any atom is 0.129 e. The molecule has 4 heteroatoms. The van der Waals surface area contributed by atoms with Gasteiger partial charge in [-0.1, -0.05) is 41.9 Å². The molecule has 108 valence electrons. The van der Waals surface area contributed by atoms with Crippen molar-refractivity contribution in [1.82, 2.24) is 9.55 Å². The molecule has 1 heterocycles. The van der Waals surface area contributed by atoms with Gasteiger partial charge in [-0.15, -0.1) is 11.6 Å². The number of fused-ring (bicyclic) bond motifs is 1. The third-order valence-electron chi connectivity index (χ3n) is 3.60. The molecule has 0 aliphatic heterocycles. The first-order chi connectivity index (χ1) is 10.1. The van der Waals surface area contributed by atoms with E-state index in [9.17, 15) is 0 Å². The molecule has 0 radical (unpaired) electrons. The summed E-state index contributed by atoms with van der Waals surface area (Å²) in [5.74, 6) is 1.75. The van der Waals surface area contributed by atoms with Crippen LogP contribution in [0.5, 0.6) is 0 Å². The largest absolute Gasteiger partial charge is 0.295 e. The van der Waals surface area contributed by atoms with E-state index >= 15 is 0 Å². The summed E-state index contributed by atoms with van der Waals surface area (Å²) in [6.45, 7) is 4.40. The van der Waals surface area contributed by atoms with Crippen LogP contribution in [0, 0.1) is 0 Å². The number of hydrogen-bond donors (Lipinski definition) is 0. The van der Waals surface area contributed by atoms with Crippen LogP contribution >= 0.6 is 27.5 Å². The quantitative estimate of drug-likeness (QED) is 0.550. The highest BCUT2D eigenvalue weighted by Crippen LogP contribution is 2.27. The monoisotopic (exact) mass is 362 g/mol. The number of hydrogen-bond acceptors (Lipinski definition) is 1. The van der Waals surface area contributed by atoms with Gasteiger partial charge < -0.3 is 0 Å². The van der Waals surface area contributed by atoms with Gasteiger partial charge in [0.2, 0.25) is 0 Å². The summed E-state index contributed by atoms with van der Waals surface area (Å²) in [4.78, 5) is 4.64. The third-order valence-corrected chi connectivity index (χ3v) is 4.33. The number of imidazole rings is 1. The van der Waals surface area contributed by atoms with Crippen molar-refractivity contribution in [2.45, 2.75) is 25.6 Å². The van der Waals surface area contributed by atoms with Gasteiger partial charge >= 0.3 is 0 Å². The van der Waals surface area contributed by atoms with E-state index in [4.69, 9.17) is 11.6 Å². The number of alkyl halides is 1. The smallest absolute Gasteiger partial charge is 0.129 e. The van der Waals surface area contributed by atoms with Crippen LogP contribution in [-0.4, -0.2) is 9.55 Å². The molecule has 3 aromatic rings. The lowest BCUT2D eigenvalue weighted by Crippen LogP contribution is -2.00. The number of nitrogens with zero attached hydrogens (tertiary/aromatic N) is 2. The average Bonchev–Trinajstić information content (AvgIpc) is 2.84. The number of halogens is 2. The van der Waals surface area contributed by atoms with Crippen molar-refractivity contribution < 1.29 is 0 Å². The molecule has 0 aliphatic rings. The fraction of sp³-hybridized carbons (Fsp3) is 0.235. The molecular formula is C17H16BrClN2. The predicted octanol–water partition coefficient (Wildman–Crippen LogP) is 5.65. The van der Waals surface area contributed by atoms with E-state index in [1.165, 1.54) is 5.56 Å². The van der Waals surface area contributed by atoms with Crippen LogP contribution in [0.4, 0.5) is 0 Å². The second kappa shape index (κ2) is 5.82. The number of benzene rings is 2. The molecule has 0 fully saturated rings. The third kappa shape index (κ3) is 2.72. The van der Waals surface area contributed by atoms with E-state index in [1.54, 1.807) is 0 Å². The minimum Gasteiger partial charge on any atom is -0.295 e.